The van der Waals surface area contributed by atoms with Gasteiger partial charge in [0.05, 0.1) is 5.92 Å². The summed E-state index contributed by atoms with van der Waals surface area (Å²) in [6.45, 7) is 1.47. The zero-order valence-corrected chi connectivity index (χ0v) is 12.9. The lowest BCUT2D eigenvalue weighted by atomic mass is 9.89. The van der Waals surface area contributed by atoms with Gasteiger partial charge in [-0.15, -0.1) is 0 Å². The largest absolute Gasteiger partial charge is 0.481 e. The molecule has 23 heavy (non-hydrogen) atoms. The first-order valence-corrected chi connectivity index (χ1v) is 8.03. The first-order chi connectivity index (χ1) is 11.0. The van der Waals surface area contributed by atoms with Gasteiger partial charge in [-0.1, -0.05) is 12.1 Å². The van der Waals surface area contributed by atoms with Gasteiger partial charge in [0.25, 0.3) is 0 Å². The molecule has 2 N–H and O–H groups in total. The van der Waals surface area contributed by atoms with E-state index in [2.05, 4.69) is 5.32 Å². The molecule has 6 heteroatoms. The number of carboxylic acids is 1. The van der Waals surface area contributed by atoms with E-state index in [4.69, 9.17) is 0 Å². The standard InChI is InChI=1S/C17H21FN2O3/c18-12-3-1-2-11(8-12)14-9-20(10-15(14)17(22)23)7-6-16(21)19-13-4-5-13/h1-3,8,13-15H,4-7,9-10H2,(H,19,21)(H,22,23)/t14-,15+/m0/s1. The van der Waals surface area contributed by atoms with Crippen LogP contribution in [0.1, 0.15) is 30.7 Å². The topological polar surface area (TPSA) is 69.6 Å². The third-order valence-electron chi connectivity index (χ3n) is 4.59. The number of likely N-dealkylation sites (tertiary alicyclic amines) is 1. The van der Waals surface area contributed by atoms with Crippen LogP contribution in [-0.4, -0.2) is 47.6 Å². The van der Waals surface area contributed by atoms with Crippen molar-refractivity contribution in [3.63, 3.8) is 0 Å². The van der Waals surface area contributed by atoms with Crippen molar-refractivity contribution in [3.05, 3.63) is 35.6 Å². The second-order valence-electron chi connectivity index (χ2n) is 6.46. The number of benzene rings is 1. The summed E-state index contributed by atoms with van der Waals surface area (Å²) in [5.74, 6) is -2.01. The lowest BCUT2D eigenvalue weighted by Gasteiger charge is -2.16. The molecule has 1 saturated heterocycles. The highest BCUT2D eigenvalue weighted by Crippen LogP contribution is 2.33. The molecule has 124 valence electrons. The molecule has 2 atom stereocenters. The highest BCUT2D eigenvalue weighted by Gasteiger charge is 2.38. The average Bonchev–Trinajstić information content (AvgIpc) is 3.20. The molecule has 1 aliphatic heterocycles. The average molecular weight is 320 g/mol. The number of rotatable bonds is 6. The summed E-state index contributed by atoms with van der Waals surface area (Å²) in [7, 11) is 0. The van der Waals surface area contributed by atoms with Crippen LogP contribution in [0.5, 0.6) is 0 Å². The maximum absolute atomic E-state index is 13.4. The Morgan fingerprint density at radius 2 is 2.09 bits per heavy atom. The predicted octanol–water partition coefficient (Wildman–Crippen LogP) is 1.59. The third-order valence-corrected chi connectivity index (χ3v) is 4.59. The zero-order chi connectivity index (χ0) is 16.4. The van der Waals surface area contributed by atoms with Gasteiger partial charge in [-0.05, 0) is 30.5 Å². The minimum Gasteiger partial charge on any atom is -0.481 e. The Morgan fingerprint density at radius 3 is 2.74 bits per heavy atom. The van der Waals surface area contributed by atoms with Crippen LogP contribution in [0.4, 0.5) is 4.39 Å². The van der Waals surface area contributed by atoms with Crippen LogP contribution < -0.4 is 5.32 Å². The van der Waals surface area contributed by atoms with Crippen LogP contribution in [0.15, 0.2) is 24.3 Å². The summed E-state index contributed by atoms with van der Waals surface area (Å²) in [6.07, 6.45) is 2.48. The van der Waals surface area contributed by atoms with Gasteiger partial charge in [-0.2, -0.15) is 0 Å². The minimum absolute atomic E-state index is 0.0218. The Hall–Kier alpha value is -1.95. The van der Waals surface area contributed by atoms with Crippen molar-refractivity contribution in [2.45, 2.75) is 31.2 Å². The van der Waals surface area contributed by atoms with E-state index >= 15 is 0 Å². The van der Waals surface area contributed by atoms with E-state index in [1.54, 1.807) is 12.1 Å². The molecule has 2 aliphatic rings. The molecular weight excluding hydrogens is 299 g/mol. The van der Waals surface area contributed by atoms with Crippen LogP contribution in [0.2, 0.25) is 0 Å². The molecule has 0 bridgehead atoms. The minimum atomic E-state index is -0.871. The smallest absolute Gasteiger partial charge is 0.308 e. The molecule has 1 aromatic rings. The molecule has 3 rings (SSSR count). The fourth-order valence-corrected chi connectivity index (χ4v) is 3.18. The molecule has 1 aromatic carbocycles. The number of nitrogens with one attached hydrogen (secondary N) is 1. The molecule has 0 radical (unpaired) electrons. The first-order valence-electron chi connectivity index (χ1n) is 8.03. The summed E-state index contributed by atoms with van der Waals surface area (Å²) in [5, 5.41) is 12.4. The summed E-state index contributed by atoms with van der Waals surface area (Å²) >= 11 is 0. The Balaban J connectivity index is 1.61. The fourth-order valence-electron chi connectivity index (χ4n) is 3.18. The second-order valence-corrected chi connectivity index (χ2v) is 6.46. The van der Waals surface area contributed by atoms with E-state index in [0.29, 0.717) is 37.7 Å². The van der Waals surface area contributed by atoms with Crippen LogP contribution >= 0.6 is 0 Å². The summed E-state index contributed by atoms with van der Waals surface area (Å²) < 4.78 is 13.4. The molecule has 0 unspecified atom stereocenters. The number of nitrogens with zero attached hydrogens (tertiary/aromatic N) is 1. The Kier molecular flexibility index (Phi) is 4.61. The highest BCUT2D eigenvalue weighted by atomic mass is 19.1. The van der Waals surface area contributed by atoms with Crippen LogP contribution in [0.3, 0.4) is 0 Å². The van der Waals surface area contributed by atoms with Crippen LogP contribution in [-0.2, 0) is 9.59 Å². The van der Waals surface area contributed by atoms with Crippen molar-refractivity contribution in [3.8, 4) is 0 Å². The first kappa shape index (κ1) is 15.9. The van der Waals surface area contributed by atoms with Crippen molar-refractivity contribution < 1.29 is 19.1 Å². The molecule has 0 spiro atoms. The molecule has 1 saturated carbocycles. The number of carboxylic acid groups (broad SMARTS) is 1. The summed E-state index contributed by atoms with van der Waals surface area (Å²) in [5.41, 5.74) is 0.710. The van der Waals surface area contributed by atoms with Gasteiger partial charge in [-0.25, -0.2) is 4.39 Å². The quantitative estimate of drug-likeness (QED) is 0.835. The van der Waals surface area contributed by atoms with E-state index in [9.17, 15) is 19.1 Å². The maximum Gasteiger partial charge on any atom is 0.308 e. The Labute approximate surface area is 134 Å². The Bertz CT molecular complexity index is 603. The van der Waals surface area contributed by atoms with Gasteiger partial charge in [0.15, 0.2) is 0 Å². The number of hydrogen-bond acceptors (Lipinski definition) is 3. The van der Waals surface area contributed by atoms with Crippen LogP contribution in [0, 0.1) is 11.7 Å². The van der Waals surface area contributed by atoms with Gasteiger partial charge < -0.3 is 15.3 Å². The lowest BCUT2D eigenvalue weighted by Crippen LogP contribution is -2.31. The molecule has 1 aliphatic carbocycles. The van der Waals surface area contributed by atoms with E-state index in [1.807, 2.05) is 4.90 Å². The molecule has 1 amide bonds. The molecule has 0 aromatic heterocycles. The Morgan fingerprint density at radius 1 is 1.30 bits per heavy atom. The SMILES string of the molecule is O=C(CCN1C[C@@H](C(=O)O)[C@H](c2cccc(F)c2)C1)NC1CC1. The number of carbonyl (C=O) groups excluding carboxylic acids is 1. The number of carbonyl (C=O) groups is 2. The molecule has 1 heterocycles. The maximum atomic E-state index is 13.4. The molecular formula is C17H21FN2O3. The summed E-state index contributed by atoms with van der Waals surface area (Å²) in [4.78, 5) is 25.3. The number of halogens is 1. The van der Waals surface area contributed by atoms with Gasteiger partial charge >= 0.3 is 5.97 Å². The van der Waals surface area contributed by atoms with Crippen molar-refractivity contribution >= 4 is 11.9 Å². The van der Waals surface area contributed by atoms with E-state index in [-0.39, 0.29) is 17.6 Å². The molecule has 5 nitrogen and oxygen atoms in total. The van der Waals surface area contributed by atoms with Crippen LogP contribution in [0.25, 0.3) is 0 Å². The predicted molar refractivity (Wildman–Crippen MR) is 82.5 cm³/mol. The second kappa shape index (κ2) is 6.66. The third kappa shape index (κ3) is 4.07. The zero-order valence-electron chi connectivity index (χ0n) is 12.9. The van der Waals surface area contributed by atoms with Gasteiger partial charge in [0.1, 0.15) is 5.82 Å². The van der Waals surface area contributed by atoms with Gasteiger partial charge in [-0.3, -0.25) is 9.59 Å². The fraction of sp³-hybridized carbons (Fsp3) is 0.529. The van der Waals surface area contributed by atoms with Gasteiger partial charge in [0.2, 0.25) is 5.91 Å². The van der Waals surface area contributed by atoms with E-state index < -0.39 is 11.9 Å². The number of hydrogen-bond donors (Lipinski definition) is 2. The number of aliphatic carboxylic acids is 1. The van der Waals surface area contributed by atoms with Crippen molar-refractivity contribution in [2.75, 3.05) is 19.6 Å². The highest BCUT2D eigenvalue weighted by molar-refractivity contribution is 5.76. The van der Waals surface area contributed by atoms with Crippen molar-refractivity contribution in [1.82, 2.24) is 10.2 Å². The van der Waals surface area contributed by atoms with E-state index in [0.717, 1.165) is 12.8 Å². The summed E-state index contributed by atoms with van der Waals surface area (Å²) in [6, 6.07) is 6.48. The number of amides is 1. The van der Waals surface area contributed by atoms with E-state index in [1.165, 1.54) is 12.1 Å². The van der Waals surface area contributed by atoms with Gasteiger partial charge in [0, 0.05) is 38.0 Å². The van der Waals surface area contributed by atoms with Crippen molar-refractivity contribution in [1.29, 1.82) is 0 Å². The normalized spacial score (nSPS) is 24.6. The monoisotopic (exact) mass is 320 g/mol. The lowest BCUT2D eigenvalue weighted by molar-refractivity contribution is -0.141. The van der Waals surface area contributed by atoms with Crippen molar-refractivity contribution in [2.24, 2.45) is 5.92 Å². The molecule has 2 fully saturated rings.